The summed E-state index contributed by atoms with van der Waals surface area (Å²) >= 11 is 4.74. The minimum atomic E-state index is -0.436. The van der Waals surface area contributed by atoms with Crippen LogP contribution in [0.3, 0.4) is 0 Å². The van der Waals surface area contributed by atoms with Crippen LogP contribution in [0.15, 0.2) is 22.2 Å². The highest BCUT2D eigenvalue weighted by Crippen LogP contribution is 2.31. The molecule has 2 rings (SSSR count). The molecule has 2 heterocycles. The Balaban J connectivity index is 2.53. The van der Waals surface area contributed by atoms with Crippen molar-refractivity contribution in [3.63, 3.8) is 0 Å². The molecule has 6 heteroatoms. The summed E-state index contributed by atoms with van der Waals surface area (Å²) in [7, 11) is 0. The Morgan fingerprint density at radius 2 is 2.20 bits per heavy atom. The Labute approximate surface area is 98.3 Å². The zero-order valence-corrected chi connectivity index (χ0v) is 9.98. The maximum Gasteiger partial charge on any atom is 0.173 e. The van der Waals surface area contributed by atoms with E-state index in [4.69, 9.17) is 5.73 Å². The number of hydrogen-bond donors (Lipinski definition) is 1. The van der Waals surface area contributed by atoms with Gasteiger partial charge in [-0.2, -0.15) is 0 Å². The topological polar surface area (TPSA) is 51.8 Å². The van der Waals surface area contributed by atoms with Crippen molar-refractivity contribution in [2.75, 3.05) is 0 Å². The number of nitrogens with zero attached hydrogens (tertiary/aromatic N) is 2. The highest BCUT2D eigenvalue weighted by atomic mass is 79.9. The first kappa shape index (κ1) is 10.7. The monoisotopic (exact) mass is 287 g/mol. The highest BCUT2D eigenvalue weighted by Gasteiger charge is 2.13. The van der Waals surface area contributed by atoms with Crippen LogP contribution in [-0.4, -0.2) is 9.97 Å². The van der Waals surface area contributed by atoms with E-state index in [0.717, 1.165) is 8.66 Å². The highest BCUT2D eigenvalue weighted by molar-refractivity contribution is 9.11. The smallest absolute Gasteiger partial charge is 0.173 e. The first-order chi connectivity index (χ1) is 7.22. The van der Waals surface area contributed by atoms with Crippen LogP contribution < -0.4 is 5.73 Å². The summed E-state index contributed by atoms with van der Waals surface area (Å²) in [5, 5.41) is 0. The SMILES string of the molecule is NCc1ncnc(-c2ccc(Br)s2)c1F. The lowest BCUT2D eigenvalue weighted by atomic mass is 10.2. The van der Waals surface area contributed by atoms with Gasteiger partial charge >= 0.3 is 0 Å². The van der Waals surface area contributed by atoms with Gasteiger partial charge in [-0.25, -0.2) is 14.4 Å². The van der Waals surface area contributed by atoms with Gasteiger partial charge < -0.3 is 5.73 Å². The molecule has 3 nitrogen and oxygen atoms in total. The molecule has 78 valence electrons. The van der Waals surface area contributed by atoms with Crippen molar-refractivity contribution in [1.29, 1.82) is 0 Å². The molecule has 0 fully saturated rings. The summed E-state index contributed by atoms with van der Waals surface area (Å²) in [6.07, 6.45) is 1.33. The van der Waals surface area contributed by atoms with Crippen LogP contribution in [0.2, 0.25) is 0 Å². The van der Waals surface area contributed by atoms with Gasteiger partial charge in [0.15, 0.2) is 5.82 Å². The molecule has 0 radical (unpaired) electrons. The summed E-state index contributed by atoms with van der Waals surface area (Å²) in [4.78, 5) is 8.45. The van der Waals surface area contributed by atoms with Gasteiger partial charge in [-0.05, 0) is 28.1 Å². The van der Waals surface area contributed by atoms with Gasteiger partial charge in [-0.15, -0.1) is 11.3 Å². The lowest BCUT2D eigenvalue weighted by molar-refractivity contribution is 0.596. The van der Waals surface area contributed by atoms with E-state index in [2.05, 4.69) is 25.9 Å². The third kappa shape index (κ3) is 2.06. The van der Waals surface area contributed by atoms with E-state index < -0.39 is 5.82 Å². The largest absolute Gasteiger partial charge is 0.325 e. The normalized spacial score (nSPS) is 10.6. The minimum absolute atomic E-state index is 0.0773. The molecule has 0 amide bonds. The molecule has 15 heavy (non-hydrogen) atoms. The second-order valence-electron chi connectivity index (χ2n) is 2.79. The Kier molecular flexibility index (Phi) is 3.08. The maximum absolute atomic E-state index is 13.8. The summed E-state index contributed by atoms with van der Waals surface area (Å²) in [6, 6.07) is 3.66. The fourth-order valence-corrected chi connectivity index (χ4v) is 2.54. The number of halogens is 2. The quantitative estimate of drug-likeness (QED) is 0.924. The van der Waals surface area contributed by atoms with E-state index >= 15 is 0 Å². The Morgan fingerprint density at radius 3 is 2.80 bits per heavy atom. The zero-order chi connectivity index (χ0) is 10.8. The van der Waals surface area contributed by atoms with Gasteiger partial charge in [0, 0.05) is 6.54 Å². The molecule has 2 N–H and O–H groups in total. The van der Waals surface area contributed by atoms with E-state index in [9.17, 15) is 4.39 Å². The van der Waals surface area contributed by atoms with E-state index in [-0.39, 0.29) is 12.2 Å². The van der Waals surface area contributed by atoms with Crippen molar-refractivity contribution in [2.24, 2.45) is 5.73 Å². The Bertz CT molecular complexity index is 486. The fraction of sp³-hybridized carbons (Fsp3) is 0.111. The number of hydrogen-bond acceptors (Lipinski definition) is 4. The molecule has 0 spiro atoms. The third-order valence-electron chi connectivity index (χ3n) is 1.86. The molecule has 2 aromatic rings. The Hall–Kier alpha value is -0.850. The predicted molar refractivity (Wildman–Crippen MR) is 60.9 cm³/mol. The van der Waals surface area contributed by atoms with Gasteiger partial charge in [0.05, 0.1) is 14.4 Å². The number of rotatable bonds is 2. The minimum Gasteiger partial charge on any atom is -0.325 e. The molecule has 0 aromatic carbocycles. The summed E-state index contributed by atoms with van der Waals surface area (Å²) in [5.74, 6) is -0.436. The molecule has 0 aliphatic heterocycles. The van der Waals surface area contributed by atoms with Crippen molar-refractivity contribution in [3.8, 4) is 10.6 Å². The fourth-order valence-electron chi connectivity index (χ4n) is 1.16. The first-order valence-electron chi connectivity index (χ1n) is 4.17. The van der Waals surface area contributed by atoms with Crippen LogP contribution in [0, 0.1) is 5.82 Å². The Morgan fingerprint density at radius 1 is 1.40 bits per heavy atom. The van der Waals surface area contributed by atoms with E-state index in [1.165, 1.54) is 17.7 Å². The first-order valence-corrected chi connectivity index (χ1v) is 5.78. The van der Waals surface area contributed by atoms with Gasteiger partial charge in [0.2, 0.25) is 0 Å². The second-order valence-corrected chi connectivity index (χ2v) is 5.25. The van der Waals surface area contributed by atoms with E-state index in [1.54, 1.807) is 6.07 Å². The van der Waals surface area contributed by atoms with Crippen molar-refractivity contribution < 1.29 is 4.39 Å². The van der Waals surface area contributed by atoms with Crippen molar-refractivity contribution >= 4 is 27.3 Å². The van der Waals surface area contributed by atoms with Gasteiger partial charge in [-0.3, -0.25) is 0 Å². The van der Waals surface area contributed by atoms with Crippen molar-refractivity contribution in [1.82, 2.24) is 9.97 Å². The molecule has 2 aromatic heterocycles. The predicted octanol–water partition coefficient (Wildman–Crippen LogP) is 2.57. The van der Waals surface area contributed by atoms with Gasteiger partial charge in [0.1, 0.15) is 12.0 Å². The van der Waals surface area contributed by atoms with Crippen molar-refractivity contribution in [3.05, 3.63) is 33.8 Å². The molecule has 0 aliphatic carbocycles. The maximum atomic E-state index is 13.8. The van der Waals surface area contributed by atoms with Gasteiger partial charge in [-0.1, -0.05) is 0 Å². The van der Waals surface area contributed by atoms with Crippen LogP contribution in [0.25, 0.3) is 10.6 Å². The van der Waals surface area contributed by atoms with Crippen LogP contribution >= 0.6 is 27.3 Å². The third-order valence-corrected chi connectivity index (χ3v) is 3.49. The average molecular weight is 288 g/mol. The van der Waals surface area contributed by atoms with Crippen LogP contribution in [0.4, 0.5) is 4.39 Å². The summed E-state index contributed by atoms with van der Waals surface area (Å²) in [5.41, 5.74) is 5.91. The molecule has 0 saturated heterocycles. The molecule has 0 atom stereocenters. The molecule has 0 bridgehead atoms. The molecule has 0 unspecified atom stereocenters. The summed E-state index contributed by atoms with van der Waals surface area (Å²) < 4.78 is 14.7. The molecule has 0 aliphatic rings. The number of aromatic nitrogens is 2. The molecular weight excluding hydrogens is 281 g/mol. The lowest BCUT2D eigenvalue weighted by Crippen LogP contribution is -2.05. The average Bonchev–Trinajstić information content (AvgIpc) is 2.65. The number of thiophene rings is 1. The molecule has 0 saturated carbocycles. The van der Waals surface area contributed by atoms with Crippen LogP contribution in [-0.2, 0) is 6.54 Å². The van der Waals surface area contributed by atoms with Crippen molar-refractivity contribution in [2.45, 2.75) is 6.54 Å². The standard InChI is InChI=1S/C9H7BrFN3S/c10-7-2-1-6(15-7)9-8(11)5(3-12)13-4-14-9/h1-2,4H,3,12H2. The second kappa shape index (κ2) is 4.34. The zero-order valence-electron chi connectivity index (χ0n) is 7.58. The number of nitrogens with two attached hydrogens (primary N) is 1. The van der Waals surface area contributed by atoms with E-state index in [1.807, 2.05) is 6.07 Å². The summed E-state index contributed by atoms with van der Waals surface area (Å²) in [6.45, 7) is 0.0773. The lowest BCUT2D eigenvalue weighted by Gasteiger charge is -2.02. The van der Waals surface area contributed by atoms with E-state index in [0.29, 0.717) is 5.69 Å². The van der Waals surface area contributed by atoms with Gasteiger partial charge in [0.25, 0.3) is 0 Å². The van der Waals surface area contributed by atoms with Crippen LogP contribution in [0.5, 0.6) is 0 Å². The molecular formula is C9H7BrFN3S. The van der Waals surface area contributed by atoms with Crippen LogP contribution in [0.1, 0.15) is 5.69 Å².